The highest BCUT2D eigenvalue weighted by Gasteiger charge is 2.14. The Balaban J connectivity index is 1.96. The third-order valence-electron chi connectivity index (χ3n) is 2.67. The van der Waals surface area contributed by atoms with E-state index in [1.807, 2.05) is 0 Å². The van der Waals surface area contributed by atoms with Gasteiger partial charge >= 0.3 is 0 Å². The molecule has 0 aliphatic heterocycles. The molecule has 0 aliphatic rings. The van der Waals surface area contributed by atoms with Crippen LogP contribution in [0.1, 0.15) is 0 Å². The number of nitrogen functional groups attached to an aromatic ring is 1. The highest BCUT2D eigenvalue weighted by Crippen LogP contribution is 2.17. The maximum Gasteiger partial charge on any atom is 0.181 e. The van der Waals surface area contributed by atoms with Crippen LogP contribution < -0.4 is 10.5 Å². The van der Waals surface area contributed by atoms with Crippen LogP contribution >= 0.6 is 15.9 Å². The van der Waals surface area contributed by atoms with Gasteiger partial charge in [0.1, 0.15) is 12.4 Å². The number of hydrogen-bond donors (Lipinski definition) is 1. The fourth-order valence-electron chi connectivity index (χ4n) is 1.59. The van der Waals surface area contributed by atoms with Crippen LogP contribution in [-0.4, -0.2) is 20.8 Å². The van der Waals surface area contributed by atoms with Gasteiger partial charge in [-0.15, -0.1) is 0 Å². The lowest BCUT2D eigenvalue weighted by Crippen LogP contribution is -2.14. The normalized spacial score (nSPS) is 11.2. The van der Waals surface area contributed by atoms with E-state index in [1.165, 1.54) is 0 Å². The van der Waals surface area contributed by atoms with E-state index >= 15 is 0 Å². The summed E-state index contributed by atoms with van der Waals surface area (Å²) in [6, 6.07) is 13.4. The molecular weight excluding hydrogens is 342 g/mol. The molecule has 2 aromatic rings. The second-order valence-corrected chi connectivity index (χ2v) is 7.22. The topological polar surface area (TPSA) is 69.4 Å². The van der Waals surface area contributed by atoms with Crippen LogP contribution in [0.5, 0.6) is 5.75 Å². The number of anilines is 1. The van der Waals surface area contributed by atoms with Crippen molar-refractivity contribution >= 4 is 31.5 Å². The van der Waals surface area contributed by atoms with Crippen molar-refractivity contribution in [1.29, 1.82) is 0 Å². The van der Waals surface area contributed by atoms with E-state index in [9.17, 15) is 8.42 Å². The van der Waals surface area contributed by atoms with Gasteiger partial charge in [-0.2, -0.15) is 0 Å². The number of nitrogens with two attached hydrogens (primary N) is 1. The second-order valence-electron chi connectivity index (χ2n) is 4.19. The number of ether oxygens (including phenoxy) is 1. The molecule has 0 bridgehead atoms. The van der Waals surface area contributed by atoms with E-state index in [1.54, 1.807) is 48.5 Å². The van der Waals surface area contributed by atoms with Crippen molar-refractivity contribution in [3.63, 3.8) is 0 Å². The Morgan fingerprint density at radius 3 is 2.20 bits per heavy atom. The van der Waals surface area contributed by atoms with Crippen LogP contribution in [0.4, 0.5) is 5.69 Å². The van der Waals surface area contributed by atoms with E-state index in [0.29, 0.717) is 16.3 Å². The standard InChI is InChI=1S/C14H14BrNO3S/c15-11-1-7-14(8-2-11)20(17,18)10-9-19-13-5-3-12(16)4-6-13/h1-8H,9-10,16H2. The zero-order valence-electron chi connectivity index (χ0n) is 10.6. The predicted molar refractivity (Wildman–Crippen MR) is 82.5 cm³/mol. The quantitative estimate of drug-likeness (QED) is 0.837. The van der Waals surface area contributed by atoms with Gasteiger partial charge in [-0.25, -0.2) is 8.42 Å². The van der Waals surface area contributed by atoms with Gasteiger partial charge in [0.2, 0.25) is 0 Å². The van der Waals surface area contributed by atoms with E-state index < -0.39 is 9.84 Å². The zero-order chi connectivity index (χ0) is 14.6. The van der Waals surface area contributed by atoms with Crippen molar-refractivity contribution in [1.82, 2.24) is 0 Å². The molecular formula is C14H14BrNO3S. The molecule has 20 heavy (non-hydrogen) atoms. The summed E-state index contributed by atoms with van der Waals surface area (Å²) >= 11 is 3.27. The highest BCUT2D eigenvalue weighted by molar-refractivity contribution is 9.10. The molecule has 2 N–H and O–H groups in total. The first-order valence-electron chi connectivity index (χ1n) is 5.94. The highest BCUT2D eigenvalue weighted by atomic mass is 79.9. The predicted octanol–water partition coefficient (Wildman–Crippen LogP) is 2.88. The Kier molecular flexibility index (Phi) is 4.67. The van der Waals surface area contributed by atoms with Gasteiger partial charge in [0, 0.05) is 10.2 Å². The SMILES string of the molecule is Nc1ccc(OCCS(=O)(=O)c2ccc(Br)cc2)cc1. The van der Waals surface area contributed by atoms with Gasteiger partial charge in [0.15, 0.2) is 9.84 Å². The van der Waals surface area contributed by atoms with Crippen molar-refractivity contribution in [2.24, 2.45) is 0 Å². The molecule has 0 atom stereocenters. The van der Waals surface area contributed by atoms with E-state index in [-0.39, 0.29) is 12.4 Å². The number of halogens is 1. The Bertz CT molecular complexity index is 667. The number of benzene rings is 2. The smallest absolute Gasteiger partial charge is 0.181 e. The molecule has 0 radical (unpaired) electrons. The van der Waals surface area contributed by atoms with Gasteiger partial charge < -0.3 is 10.5 Å². The summed E-state index contributed by atoms with van der Waals surface area (Å²) in [5, 5.41) is 0. The molecule has 0 saturated carbocycles. The monoisotopic (exact) mass is 355 g/mol. The fraction of sp³-hybridized carbons (Fsp3) is 0.143. The van der Waals surface area contributed by atoms with Crippen molar-refractivity contribution in [3.05, 3.63) is 53.0 Å². The maximum atomic E-state index is 12.1. The van der Waals surface area contributed by atoms with Crippen LogP contribution in [0, 0.1) is 0 Å². The van der Waals surface area contributed by atoms with Crippen molar-refractivity contribution in [2.45, 2.75) is 4.90 Å². The Hall–Kier alpha value is -1.53. The molecule has 0 unspecified atom stereocenters. The minimum absolute atomic E-state index is 0.0704. The van der Waals surface area contributed by atoms with Gasteiger partial charge in [-0.05, 0) is 48.5 Å². The summed E-state index contributed by atoms with van der Waals surface area (Å²) in [6.07, 6.45) is 0. The molecule has 0 spiro atoms. The van der Waals surface area contributed by atoms with Gasteiger partial charge in [0.25, 0.3) is 0 Å². The van der Waals surface area contributed by atoms with Crippen LogP contribution in [0.25, 0.3) is 0 Å². The van der Waals surface area contributed by atoms with Crippen molar-refractivity contribution in [2.75, 3.05) is 18.1 Å². The second kappa shape index (κ2) is 6.28. The lowest BCUT2D eigenvalue weighted by molar-refractivity contribution is 0.341. The first kappa shape index (κ1) is 14.9. The molecule has 6 heteroatoms. The molecule has 0 fully saturated rings. The number of sulfone groups is 1. The lowest BCUT2D eigenvalue weighted by atomic mass is 10.3. The molecule has 0 aliphatic carbocycles. The van der Waals surface area contributed by atoms with Crippen molar-refractivity contribution in [3.8, 4) is 5.75 Å². The maximum absolute atomic E-state index is 12.1. The van der Waals surface area contributed by atoms with Crippen LogP contribution in [-0.2, 0) is 9.84 Å². The van der Waals surface area contributed by atoms with Crippen molar-refractivity contribution < 1.29 is 13.2 Å². The first-order valence-corrected chi connectivity index (χ1v) is 8.38. The summed E-state index contributed by atoms with van der Waals surface area (Å²) in [6.45, 7) is 0.0995. The Morgan fingerprint density at radius 1 is 1.00 bits per heavy atom. The third kappa shape index (κ3) is 3.98. The van der Waals surface area contributed by atoms with Gasteiger partial charge in [-0.3, -0.25) is 0 Å². The zero-order valence-corrected chi connectivity index (χ0v) is 13.0. The largest absolute Gasteiger partial charge is 0.493 e. The lowest BCUT2D eigenvalue weighted by Gasteiger charge is -2.07. The number of hydrogen-bond acceptors (Lipinski definition) is 4. The van der Waals surface area contributed by atoms with Gasteiger partial charge in [-0.1, -0.05) is 15.9 Å². The van der Waals surface area contributed by atoms with Gasteiger partial charge in [0.05, 0.1) is 10.6 Å². The molecule has 2 aromatic carbocycles. The summed E-state index contributed by atoms with van der Waals surface area (Å²) in [7, 11) is -3.33. The average Bonchev–Trinajstić information content (AvgIpc) is 2.41. The molecule has 106 valence electrons. The van der Waals surface area contributed by atoms with Crippen LogP contribution in [0.3, 0.4) is 0 Å². The molecule has 0 heterocycles. The summed E-state index contributed by atoms with van der Waals surface area (Å²) in [5.74, 6) is 0.532. The molecule has 0 aromatic heterocycles. The van der Waals surface area contributed by atoms with E-state index in [2.05, 4.69) is 15.9 Å². The Morgan fingerprint density at radius 2 is 1.60 bits per heavy atom. The van der Waals surface area contributed by atoms with E-state index in [4.69, 9.17) is 10.5 Å². The third-order valence-corrected chi connectivity index (χ3v) is 4.90. The molecule has 0 amide bonds. The average molecular weight is 356 g/mol. The van der Waals surface area contributed by atoms with E-state index in [0.717, 1.165) is 4.47 Å². The summed E-state index contributed by atoms with van der Waals surface area (Å²) in [4.78, 5) is 0.293. The summed E-state index contributed by atoms with van der Waals surface area (Å²) in [5.41, 5.74) is 6.20. The van der Waals surface area contributed by atoms with Crippen LogP contribution in [0.15, 0.2) is 57.9 Å². The molecule has 4 nitrogen and oxygen atoms in total. The number of rotatable bonds is 5. The molecule has 2 rings (SSSR count). The first-order chi connectivity index (χ1) is 9.47. The minimum atomic E-state index is -3.33. The Labute approximate surface area is 126 Å². The molecule has 0 saturated heterocycles. The van der Waals surface area contributed by atoms with Crippen LogP contribution in [0.2, 0.25) is 0 Å². The minimum Gasteiger partial charge on any atom is -0.493 e. The summed E-state index contributed by atoms with van der Waals surface area (Å²) < 4.78 is 30.4. The fourth-order valence-corrected chi connectivity index (χ4v) is 2.95.